The summed E-state index contributed by atoms with van der Waals surface area (Å²) in [5.74, 6) is -2.11. The molecule has 0 saturated carbocycles. The molecule has 4 aromatic rings. The number of carbonyl (C=O) groups is 6. The first kappa shape index (κ1) is 40.6. The number of rotatable bonds is 18. The monoisotopic (exact) mass is 747 g/mol. The fourth-order valence-corrected chi connectivity index (χ4v) is 5.64. The smallest absolute Gasteiger partial charge is 0.272 e. The van der Waals surface area contributed by atoms with Crippen molar-refractivity contribution in [3.63, 3.8) is 0 Å². The Balaban J connectivity index is 1.14. The largest absolute Gasteiger partial charge is 0.351 e. The van der Waals surface area contributed by atoms with Gasteiger partial charge in [0.05, 0.1) is 35.8 Å². The topological polar surface area (TPSA) is 250 Å². The van der Waals surface area contributed by atoms with Gasteiger partial charge in [0.15, 0.2) is 0 Å². The summed E-state index contributed by atoms with van der Waals surface area (Å²) in [5.41, 5.74) is 13.9. The SMILES string of the molecule is CN(CCCNC(=O)c1cc(NC(=O)c2cc(NC(=O)CN)cn2C)cn1C)CCCNC(=O)c1cc(NC(=O)c2cc(NC(=O)CN)cn2C)cn1C. The molecule has 0 aliphatic carbocycles. The van der Waals surface area contributed by atoms with Crippen LogP contribution in [0.3, 0.4) is 0 Å². The van der Waals surface area contributed by atoms with Crippen molar-refractivity contribution in [3.8, 4) is 0 Å². The van der Waals surface area contributed by atoms with Crippen molar-refractivity contribution >= 4 is 58.2 Å². The van der Waals surface area contributed by atoms with E-state index in [1.165, 1.54) is 12.1 Å². The summed E-state index contributed by atoms with van der Waals surface area (Å²) >= 11 is 0. The van der Waals surface area contributed by atoms with Crippen LogP contribution in [0.1, 0.15) is 54.8 Å². The second-order valence-electron chi connectivity index (χ2n) is 12.8. The number of nitrogens with one attached hydrogen (secondary N) is 6. The van der Waals surface area contributed by atoms with Gasteiger partial charge in [0, 0.05) is 66.1 Å². The average Bonchev–Trinajstić information content (AvgIpc) is 3.89. The van der Waals surface area contributed by atoms with Gasteiger partial charge in [-0.1, -0.05) is 0 Å². The Labute approximate surface area is 312 Å². The number of aryl methyl sites for hydroxylation is 4. The van der Waals surface area contributed by atoms with E-state index in [4.69, 9.17) is 11.5 Å². The molecule has 0 saturated heterocycles. The lowest BCUT2D eigenvalue weighted by Gasteiger charge is -2.17. The maximum atomic E-state index is 12.9. The number of nitrogens with zero attached hydrogens (tertiary/aromatic N) is 5. The van der Waals surface area contributed by atoms with Crippen molar-refractivity contribution in [2.45, 2.75) is 12.8 Å². The van der Waals surface area contributed by atoms with Crippen LogP contribution < -0.4 is 43.4 Å². The quantitative estimate of drug-likeness (QED) is 0.0648. The van der Waals surface area contributed by atoms with E-state index in [0.29, 0.717) is 71.5 Å². The third kappa shape index (κ3) is 10.9. The Morgan fingerprint density at radius 3 is 1.13 bits per heavy atom. The number of hydrogen-bond donors (Lipinski definition) is 8. The molecule has 0 spiro atoms. The molecule has 0 bridgehead atoms. The maximum absolute atomic E-state index is 12.9. The first-order valence-corrected chi connectivity index (χ1v) is 17.2. The molecule has 4 aromatic heterocycles. The summed E-state index contributed by atoms with van der Waals surface area (Å²) in [6.07, 6.45) is 7.89. The van der Waals surface area contributed by atoms with Gasteiger partial charge in [0.1, 0.15) is 22.8 Å². The number of anilines is 4. The van der Waals surface area contributed by atoms with Crippen molar-refractivity contribution in [2.24, 2.45) is 39.7 Å². The predicted molar refractivity (Wildman–Crippen MR) is 204 cm³/mol. The zero-order chi connectivity index (χ0) is 39.5. The number of carbonyl (C=O) groups excluding carboxylic acids is 6. The number of nitrogens with two attached hydrogens (primary N) is 2. The summed E-state index contributed by atoms with van der Waals surface area (Å²) in [4.78, 5) is 76.7. The molecule has 0 aliphatic heterocycles. The standard InChI is InChI=1S/C35H49N13O6/c1-44(10-6-8-38-32(51)26-14-24(20-45(26)2)42-34(53)28-12-22(18-47(28)4)40-30(49)16-36)11-7-9-39-33(52)27-15-25(21-46(27)3)43-35(54)29-13-23(19-48(29)5)41-31(50)17-37/h12-15,18-21H,6-11,16-17,36-37H2,1-5H3,(H,38,51)(H,39,52)(H,40,49)(H,41,50)(H,42,53)(H,43,54). The van der Waals surface area contributed by atoms with Gasteiger partial charge < -0.3 is 66.5 Å². The zero-order valence-electron chi connectivity index (χ0n) is 31.1. The Bertz CT molecular complexity index is 1860. The van der Waals surface area contributed by atoms with E-state index in [1.807, 2.05) is 7.05 Å². The molecule has 54 heavy (non-hydrogen) atoms. The summed E-state index contributed by atoms with van der Waals surface area (Å²) in [6.45, 7) is 1.97. The van der Waals surface area contributed by atoms with E-state index >= 15 is 0 Å². The Morgan fingerprint density at radius 2 is 0.815 bits per heavy atom. The van der Waals surface area contributed by atoms with E-state index in [2.05, 4.69) is 36.8 Å². The van der Waals surface area contributed by atoms with Crippen molar-refractivity contribution in [1.29, 1.82) is 0 Å². The lowest BCUT2D eigenvalue weighted by Crippen LogP contribution is -2.31. The molecule has 0 aromatic carbocycles. The van der Waals surface area contributed by atoms with Gasteiger partial charge in [-0.3, -0.25) is 28.8 Å². The van der Waals surface area contributed by atoms with Crippen LogP contribution in [0.15, 0.2) is 49.1 Å². The lowest BCUT2D eigenvalue weighted by atomic mass is 10.3. The maximum Gasteiger partial charge on any atom is 0.272 e. The molecule has 0 fully saturated rings. The van der Waals surface area contributed by atoms with Crippen LogP contribution in [0, 0.1) is 0 Å². The highest BCUT2D eigenvalue weighted by molar-refractivity contribution is 6.06. The molecule has 19 nitrogen and oxygen atoms in total. The molecule has 10 N–H and O–H groups in total. The van der Waals surface area contributed by atoms with E-state index < -0.39 is 11.8 Å². The highest BCUT2D eigenvalue weighted by Crippen LogP contribution is 2.19. The van der Waals surface area contributed by atoms with Crippen molar-refractivity contribution in [1.82, 2.24) is 33.8 Å². The number of hydrogen-bond acceptors (Lipinski definition) is 9. The van der Waals surface area contributed by atoms with Gasteiger partial charge in [0.25, 0.3) is 23.6 Å². The summed E-state index contributed by atoms with van der Waals surface area (Å²) in [7, 11) is 8.75. The molecule has 4 heterocycles. The minimum absolute atomic E-state index is 0.174. The Hall–Kier alpha value is -6.18. The minimum atomic E-state index is -0.405. The first-order chi connectivity index (χ1) is 25.7. The van der Waals surface area contributed by atoms with Gasteiger partial charge in [-0.05, 0) is 57.2 Å². The van der Waals surface area contributed by atoms with Crippen LogP contribution in [0.25, 0.3) is 0 Å². The van der Waals surface area contributed by atoms with Crippen LogP contribution in [-0.2, 0) is 37.8 Å². The average molecular weight is 748 g/mol. The van der Waals surface area contributed by atoms with Crippen LogP contribution >= 0.6 is 0 Å². The van der Waals surface area contributed by atoms with Crippen LogP contribution in [-0.4, -0.2) is 105 Å². The minimum Gasteiger partial charge on any atom is -0.351 e. The Morgan fingerprint density at radius 1 is 0.519 bits per heavy atom. The normalized spacial score (nSPS) is 11.0. The molecule has 0 radical (unpaired) electrons. The fraction of sp³-hybridized carbons (Fsp3) is 0.371. The molecule has 290 valence electrons. The first-order valence-electron chi connectivity index (χ1n) is 17.2. The summed E-state index contributed by atoms with van der Waals surface area (Å²) in [5, 5.41) is 16.6. The van der Waals surface area contributed by atoms with Crippen molar-refractivity contribution in [2.75, 3.05) is 67.6 Å². The molecule has 6 amide bonds. The van der Waals surface area contributed by atoms with E-state index in [0.717, 1.165) is 13.1 Å². The highest BCUT2D eigenvalue weighted by Gasteiger charge is 2.19. The molecular formula is C35H49N13O6. The van der Waals surface area contributed by atoms with Crippen LogP contribution in [0.2, 0.25) is 0 Å². The van der Waals surface area contributed by atoms with Crippen LogP contribution in [0.5, 0.6) is 0 Å². The van der Waals surface area contributed by atoms with Crippen LogP contribution in [0.4, 0.5) is 22.7 Å². The summed E-state index contributed by atoms with van der Waals surface area (Å²) in [6, 6.07) is 6.26. The summed E-state index contributed by atoms with van der Waals surface area (Å²) < 4.78 is 6.41. The Kier molecular flexibility index (Phi) is 13.9. The van der Waals surface area contributed by atoms with Gasteiger partial charge in [0.2, 0.25) is 11.8 Å². The van der Waals surface area contributed by atoms with E-state index in [-0.39, 0.29) is 36.7 Å². The third-order valence-electron chi connectivity index (χ3n) is 8.41. The molecular weight excluding hydrogens is 698 g/mol. The van der Waals surface area contributed by atoms with Gasteiger partial charge in [-0.25, -0.2) is 0 Å². The second kappa shape index (κ2) is 18.5. The number of aromatic nitrogens is 4. The molecule has 19 heteroatoms. The molecule has 0 aliphatic rings. The van der Waals surface area contributed by atoms with Crippen molar-refractivity contribution < 1.29 is 28.8 Å². The molecule has 0 unspecified atom stereocenters. The zero-order valence-corrected chi connectivity index (χ0v) is 31.1. The molecule has 4 rings (SSSR count). The molecule has 0 atom stereocenters. The van der Waals surface area contributed by atoms with E-state index in [1.54, 1.807) is 83.4 Å². The van der Waals surface area contributed by atoms with Gasteiger partial charge in [-0.15, -0.1) is 0 Å². The number of amides is 6. The third-order valence-corrected chi connectivity index (χ3v) is 8.41. The van der Waals surface area contributed by atoms with E-state index in [9.17, 15) is 28.8 Å². The van der Waals surface area contributed by atoms with Crippen molar-refractivity contribution in [3.05, 3.63) is 71.8 Å². The lowest BCUT2D eigenvalue weighted by molar-refractivity contribution is -0.115. The second-order valence-corrected chi connectivity index (χ2v) is 12.8. The predicted octanol–water partition coefficient (Wildman–Crippen LogP) is 0.211. The van der Waals surface area contributed by atoms with Gasteiger partial charge in [-0.2, -0.15) is 0 Å². The highest BCUT2D eigenvalue weighted by atomic mass is 16.2. The fourth-order valence-electron chi connectivity index (χ4n) is 5.64. The van der Waals surface area contributed by atoms with Gasteiger partial charge >= 0.3 is 0 Å².